The van der Waals surface area contributed by atoms with Gasteiger partial charge >= 0.3 is 0 Å². The lowest BCUT2D eigenvalue weighted by Gasteiger charge is -2.32. The summed E-state index contributed by atoms with van der Waals surface area (Å²) in [4.78, 5) is 24.7. The molecule has 1 N–H and O–H groups in total. The topological polar surface area (TPSA) is 99.3 Å². The van der Waals surface area contributed by atoms with Crippen molar-refractivity contribution < 1.29 is 9.72 Å². The van der Waals surface area contributed by atoms with Crippen LogP contribution in [0, 0.1) is 27.4 Å². The predicted octanol–water partition coefficient (Wildman–Crippen LogP) is 3.43. The number of anilines is 1. The Balaban J connectivity index is 1.54. The Labute approximate surface area is 157 Å². The highest BCUT2D eigenvalue weighted by Gasteiger charge is 2.23. The highest BCUT2D eigenvalue weighted by molar-refractivity contribution is 5.94. The van der Waals surface area contributed by atoms with Gasteiger partial charge in [0.2, 0.25) is 0 Å². The fourth-order valence-corrected chi connectivity index (χ4v) is 3.25. The fourth-order valence-electron chi connectivity index (χ4n) is 3.25. The Hall–Kier alpha value is -3.40. The van der Waals surface area contributed by atoms with Gasteiger partial charge in [-0.05, 0) is 37.0 Å². The summed E-state index contributed by atoms with van der Waals surface area (Å²) in [6, 6.07) is 15.5. The maximum absolute atomic E-state index is 12.5. The molecule has 0 atom stereocenters. The van der Waals surface area contributed by atoms with Gasteiger partial charge in [-0.2, -0.15) is 5.26 Å². The molecule has 0 aromatic heterocycles. The van der Waals surface area contributed by atoms with Gasteiger partial charge in [-0.3, -0.25) is 14.9 Å². The van der Waals surface area contributed by atoms with E-state index in [-0.39, 0.29) is 17.2 Å². The van der Waals surface area contributed by atoms with Crippen LogP contribution in [0.2, 0.25) is 0 Å². The molecule has 0 spiro atoms. The van der Waals surface area contributed by atoms with Crippen molar-refractivity contribution in [2.75, 3.05) is 25.0 Å². The van der Waals surface area contributed by atoms with E-state index in [4.69, 9.17) is 0 Å². The van der Waals surface area contributed by atoms with Crippen LogP contribution >= 0.6 is 0 Å². The minimum atomic E-state index is -0.510. The van der Waals surface area contributed by atoms with Crippen LogP contribution < -0.4 is 5.32 Å². The number of non-ortho nitro benzene ring substituents is 1. The lowest BCUT2D eigenvalue weighted by atomic mass is 9.96. The standard InChI is InChI=1S/C20H20N4O3/c21-13-17-12-18(24(26)27)6-7-19(17)22-14-15-8-10-23(11-9-15)20(25)16-4-2-1-3-5-16/h1-7,12,15,22H,8-11,14H2. The molecular formula is C20H20N4O3. The number of hydrogen-bond donors (Lipinski definition) is 1. The van der Waals surface area contributed by atoms with Crippen LogP contribution in [0.4, 0.5) is 11.4 Å². The first-order valence-corrected chi connectivity index (χ1v) is 8.85. The smallest absolute Gasteiger partial charge is 0.270 e. The molecule has 2 aromatic carbocycles. The second-order valence-corrected chi connectivity index (χ2v) is 6.58. The molecule has 1 amide bonds. The zero-order valence-electron chi connectivity index (χ0n) is 14.8. The lowest BCUT2D eigenvalue weighted by Crippen LogP contribution is -2.39. The number of amides is 1. The molecule has 7 heteroatoms. The van der Waals surface area contributed by atoms with Crippen molar-refractivity contribution in [2.45, 2.75) is 12.8 Å². The van der Waals surface area contributed by atoms with Crippen LogP contribution in [0.15, 0.2) is 48.5 Å². The van der Waals surface area contributed by atoms with E-state index >= 15 is 0 Å². The summed E-state index contributed by atoms with van der Waals surface area (Å²) in [6.07, 6.45) is 1.75. The highest BCUT2D eigenvalue weighted by Crippen LogP contribution is 2.24. The molecule has 27 heavy (non-hydrogen) atoms. The molecule has 1 aliphatic heterocycles. The van der Waals surface area contributed by atoms with E-state index in [9.17, 15) is 20.2 Å². The normalized spacial score (nSPS) is 14.4. The maximum Gasteiger partial charge on any atom is 0.270 e. The van der Waals surface area contributed by atoms with Gasteiger partial charge in [-0.15, -0.1) is 0 Å². The van der Waals surface area contributed by atoms with E-state index in [1.807, 2.05) is 41.3 Å². The largest absolute Gasteiger partial charge is 0.384 e. The van der Waals surface area contributed by atoms with Crippen molar-refractivity contribution in [1.29, 1.82) is 5.26 Å². The molecule has 0 aliphatic carbocycles. The summed E-state index contributed by atoms with van der Waals surface area (Å²) < 4.78 is 0. The van der Waals surface area contributed by atoms with Crippen molar-refractivity contribution in [3.8, 4) is 6.07 Å². The second kappa shape index (κ2) is 8.32. The average molecular weight is 364 g/mol. The second-order valence-electron chi connectivity index (χ2n) is 6.58. The van der Waals surface area contributed by atoms with Crippen molar-refractivity contribution in [2.24, 2.45) is 5.92 Å². The van der Waals surface area contributed by atoms with Crippen LogP contribution in [-0.4, -0.2) is 35.4 Å². The first-order chi connectivity index (χ1) is 13.1. The number of carbonyl (C=O) groups excluding carboxylic acids is 1. The van der Waals surface area contributed by atoms with Crippen molar-refractivity contribution in [3.63, 3.8) is 0 Å². The van der Waals surface area contributed by atoms with Gasteiger partial charge < -0.3 is 10.2 Å². The van der Waals surface area contributed by atoms with Crippen LogP contribution in [0.3, 0.4) is 0 Å². The number of carbonyl (C=O) groups is 1. The van der Waals surface area contributed by atoms with E-state index in [2.05, 4.69) is 5.32 Å². The molecule has 1 saturated heterocycles. The van der Waals surface area contributed by atoms with Gasteiger partial charge in [0.25, 0.3) is 11.6 Å². The van der Waals surface area contributed by atoms with Gasteiger partial charge in [0.15, 0.2) is 0 Å². The summed E-state index contributed by atoms with van der Waals surface area (Å²) in [6.45, 7) is 2.07. The molecule has 138 valence electrons. The third kappa shape index (κ3) is 4.42. The maximum atomic E-state index is 12.5. The SMILES string of the molecule is N#Cc1cc([N+](=O)[O-])ccc1NCC1CCN(C(=O)c2ccccc2)CC1. The number of benzene rings is 2. The first-order valence-electron chi connectivity index (χ1n) is 8.85. The van der Waals surface area contributed by atoms with Crippen molar-refractivity contribution >= 4 is 17.3 Å². The minimum Gasteiger partial charge on any atom is -0.384 e. The number of piperidine rings is 1. The number of nitro groups is 1. The molecule has 1 heterocycles. The number of likely N-dealkylation sites (tertiary alicyclic amines) is 1. The van der Waals surface area contributed by atoms with Gasteiger partial charge in [-0.25, -0.2) is 0 Å². The van der Waals surface area contributed by atoms with Crippen molar-refractivity contribution in [3.05, 3.63) is 69.8 Å². The summed E-state index contributed by atoms with van der Waals surface area (Å²) in [5.74, 6) is 0.440. The molecule has 3 rings (SSSR count). The predicted molar refractivity (Wildman–Crippen MR) is 101 cm³/mol. The van der Waals surface area contributed by atoms with Crippen LogP contribution in [0.25, 0.3) is 0 Å². The molecule has 0 saturated carbocycles. The van der Waals surface area contributed by atoms with E-state index in [1.165, 1.54) is 12.1 Å². The minimum absolute atomic E-state index is 0.0594. The Morgan fingerprint density at radius 3 is 2.56 bits per heavy atom. The number of nitrogens with zero attached hydrogens (tertiary/aromatic N) is 3. The molecule has 7 nitrogen and oxygen atoms in total. The third-order valence-electron chi connectivity index (χ3n) is 4.84. The molecule has 2 aromatic rings. The Kier molecular flexibility index (Phi) is 5.67. The van der Waals surface area contributed by atoms with Crippen molar-refractivity contribution in [1.82, 2.24) is 4.90 Å². The lowest BCUT2D eigenvalue weighted by molar-refractivity contribution is -0.384. The zero-order chi connectivity index (χ0) is 19.2. The van der Waals surface area contributed by atoms with Crippen LogP contribution in [-0.2, 0) is 0 Å². The van der Waals surface area contributed by atoms with Gasteiger partial charge in [0.1, 0.15) is 6.07 Å². The van der Waals surface area contributed by atoms with E-state index in [0.717, 1.165) is 12.8 Å². The molecular weight excluding hydrogens is 344 g/mol. The molecule has 0 radical (unpaired) electrons. The van der Waals surface area contributed by atoms with E-state index in [0.29, 0.717) is 36.8 Å². The number of nitriles is 1. The molecule has 0 unspecified atom stereocenters. The fraction of sp³-hybridized carbons (Fsp3) is 0.300. The monoisotopic (exact) mass is 364 g/mol. The Morgan fingerprint density at radius 2 is 1.93 bits per heavy atom. The first kappa shape index (κ1) is 18.4. The van der Waals surface area contributed by atoms with E-state index in [1.54, 1.807) is 6.07 Å². The quantitative estimate of drug-likeness (QED) is 0.647. The third-order valence-corrected chi connectivity index (χ3v) is 4.84. The summed E-state index contributed by atoms with van der Waals surface area (Å²) in [5.41, 5.74) is 1.48. The molecule has 1 fully saturated rings. The van der Waals surface area contributed by atoms with Gasteiger partial charge in [0, 0.05) is 37.3 Å². The summed E-state index contributed by atoms with van der Waals surface area (Å²) >= 11 is 0. The summed E-state index contributed by atoms with van der Waals surface area (Å²) in [5, 5.41) is 23.3. The van der Waals surface area contributed by atoms with E-state index < -0.39 is 4.92 Å². The van der Waals surface area contributed by atoms with Gasteiger partial charge in [-0.1, -0.05) is 18.2 Å². The van der Waals surface area contributed by atoms with Gasteiger partial charge in [0.05, 0.1) is 16.2 Å². The van der Waals surface area contributed by atoms with Crippen LogP contribution in [0.5, 0.6) is 0 Å². The Morgan fingerprint density at radius 1 is 1.22 bits per heavy atom. The molecule has 0 bridgehead atoms. The average Bonchev–Trinajstić information content (AvgIpc) is 2.72. The summed E-state index contributed by atoms with van der Waals surface area (Å²) in [7, 11) is 0. The zero-order valence-corrected chi connectivity index (χ0v) is 14.8. The number of hydrogen-bond acceptors (Lipinski definition) is 5. The number of nitro benzene ring substituents is 1. The van der Waals surface area contributed by atoms with Crippen LogP contribution in [0.1, 0.15) is 28.8 Å². The highest BCUT2D eigenvalue weighted by atomic mass is 16.6. The number of rotatable bonds is 5. The Bertz CT molecular complexity index is 869. The molecule has 1 aliphatic rings. The number of nitrogens with one attached hydrogen (secondary N) is 1.